The number of likely N-dealkylation sites (tertiary alicyclic amines) is 1. The van der Waals surface area contributed by atoms with Crippen LogP contribution < -0.4 is 10.5 Å². The minimum atomic E-state index is 0.537. The van der Waals surface area contributed by atoms with Crippen LogP contribution in [0.1, 0.15) is 45.1 Å². The SMILES string of the molecule is CCCOc1ccc(CN2C(C)CCCC2CN)cc1. The van der Waals surface area contributed by atoms with E-state index in [9.17, 15) is 0 Å². The Morgan fingerprint density at radius 2 is 2.00 bits per heavy atom. The molecule has 1 aliphatic rings. The minimum absolute atomic E-state index is 0.537. The molecular weight excluding hydrogens is 248 g/mol. The van der Waals surface area contributed by atoms with E-state index in [1.54, 1.807) is 0 Å². The van der Waals surface area contributed by atoms with E-state index in [2.05, 4.69) is 43.0 Å². The van der Waals surface area contributed by atoms with Crippen LogP contribution in [-0.4, -0.2) is 30.1 Å². The summed E-state index contributed by atoms with van der Waals surface area (Å²) in [5, 5.41) is 0. The highest BCUT2D eigenvalue weighted by Gasteiger charge is 2.26. The summed E-state index contributed by atoms with van der Waals surface area (Å²) in [6.45, 7) is 7.00. The van der Waals surface area contributed by atoms with Crippen molar-refractivity contribution in [2.24, 2.45) is 5.73 Å². The summed E-state index contributed by atoms with van der Waals surface area (Å²) in [6, 6.07) is 9.69. The van der Waals surface area contributed by atoms with Crippen LogP contribution >= 0.6 is 0 Å². The highest BCUT2D eigenvalue weighted by molar-refractivity contribution is 5.27. The molecule has 2 atom stereocenters. The molecule has 1 fully saturated rings. The fourth-order valence-corrected chi connectivity index (χ4v) is 3.00. The summed E-state index contributed by atoms with van der Waals surface area (Å²) in [5.41, 5.74) is 7.28. The molecule has 112 valence electrons. The van der Waals surface area contributed by atoms with E-state index in [0.717, 1.165) is 31.9 Å². The normalized spacial score (nSPS) is 23.8. The summed E-state index contributed by atoms with van der Waals surface area (Å²) in [7, 11) is 0. The van der Waals surface area contributed by atoms with Crippen LogP contribution in [0.25, 0.3) is 0 Å². The average molecular weight is 276 g/mol. The number of hydrogen-bond donors (Lipinski definition) is 1. The Morgan fingerprint density at radius 3 is 2.65 bits per heavy atom. The number of piperidine rings is 1. The van der Waals surface area contributed by atoms with Gasteiger partial charge in [-0.05, 0) is 43.9 Å². The van der Waals surface area contributed by atoms with E-state index in [0.29, 0.717) is 12.1 Å². The van der Waals surface area contributed by atoms with Gasteiger partial charge in [0.15, 0.2) is 0 Å². The van der Waals surface area contributed by atoms with Crippen molar-refractivity contribution in [1.29, 1.82) is 0 Å². The first-order valence-electron chi connectivity index (χ1n) is 7.92. The Kier molecular flexibility index (Phi) is 5.86. The number of rotatable bonds is 6. The van der Waals surface area contributed by atoms with Gasteiger partial charge in [-0.1, -0.05) is 25.5 Å². The van der Waals surface area contributed by atoms with Crippen molar-refractivity contribution in [2.75, 3.05) is 13.2 Å². The standard InChI is InChI=1S/C17H28N2O/c1-3-11-20-17-9-7-15(8-10-17)13-19-14(2)5-4-6-16(19)12-18/h7-10,14,16H,3-6,11-13,18H2,1-2H3. The molecule has 20 heavy (non-hydrogen) atoms. The molecule has 1 aromatic carbocycles. The number of nitrogens with two attached hydrogens (primary N) is 1. The highest BCUT2D eigenvalue weighted by atomic mass is 16.5. The molecule has 0 saturated carbocycles. The van der Waals surface area contributed by atoms with Gasteiger partial charge in [0.25, 0.3) is 0 Å². The molecule has 0 aliphatic carbocycles. The number of ether oxygens (including phenoxy) is 1. The highest BCUT2D eigenvalue weighted by Crippen LogP contribution is 2.25. The third kappa shape index (κ3) is 3.97. The van der Waals surface area contributed by atoms with Crippen molar-refractivity contribution < 1.29 is 4.74 Å². The van der Waals surface area contributed by atoms with Gasteiger partial charge in [0.2, 0.25) is 0 Å². The molecule has 3 heteroatoms. The molecule has 0 radical (unpaired) electrons. The molecule has 2 N–H and O–H groups in total. The van der Waals surface area contributed by atoms with Crippen LogP contribution in [0.15, 0.2) is 24.3 Å². The molecule has 2 rings (SSSR count). The molecule has 1 aliphatic heterocycles. The fourth-order valence-electron chi connectivity index (χ4n) is 3.00. The lowest BCUT2D eigenvalue weighted by Gasteiger charge is -2.40. The van der Waals surface area contributed by atoms with Crippen LogP contribution in [0.5, 0.6) is 5.75 Å². The van der Waals surface area contributed by atoms with Gasteiger partial charge in [-0.2, -0.15) is 0 Å². The van der Waals surface area contributed by atoms with Gasteiger partial charge in [0, 0.05) is 25.2 Å². The molecule has 2 unspecified atom stereocenters. The zero-order valence-electron chi connectivity index (χ0n) is 12.8. The summed E-state index contributed by atoms with van der Waals surface area (Å²) < 4.78 is 5.63. The second-order valence-corrected chi connectivity index (χ2v) is 5.83. The van der Waals surface area contributed by atoms with Crippen molar-refractivity contribution in [3.8, 4) is 5.75 Å². The predicted molar refractivity (Wildman–Crippen MR) is 83.9 cm³/mol. The molecular formula is C17H28N2O. The van der Waals surface area contributed by atoms with Gasteiger partial charge >= 0.3 is 0 Å². The third-order valence-electron chi connectivity index (χ3n) is 4.23. The summed E-state index contributed by atoms with van der Waals surface area (Å²) in [6.07, 6.45) is 4.88. The molecule has 0 spiro atoms. The molecule has 1 saturated heterocycles. The molecule has 0 amide bonds. The second-order valence-electron chi connectivity index (χ2n) is 5.83. The van der Waals surface area contributed by atoms with Crippen LogP contribution in [-0.2, 0) is 6.54 Å². The average Bonchev–Trinajstić information content (AvgIpc) is 2.48. The zero-order chi connectivity index (χ0) is 14.4. The van der Waals surface area contributed by atoms with Gasteiger partial charge in [0.05, 0.1) is 6.61 Å². The third-order valence-corrected chi connectivity index (χ3v) is 4.23. The zero-order valence-corrected chi connectivity index (χ0v) is 12.8. The minimum Gasteiger partial charge on any atom is -0.494 e. The van der Waals surface area contributed by atoms with E-state index in [-0.39, 0.29) is 0 Å². The molecule has 0 aromatic heterocycles. The van der Waals surface area contributed by atoms with Gasteiger partial charge < -0.3 is 10.5 Å². The molecule has 0 bridgehead atoms. The number of benzene rings is 1. The first kappa shape index (κ1) is 15.3. The van der Waals surface area contributed by atoms with Crippen LogP contribution in [0.3, 0.4) is 0 Å². The van der Waals surface area contributed by atoms with E-state index in [1.165, 1.54) is 24.8 Å². The Morgan fingerprint density at radius 1 is 1.25 bits per heavy atom. The van der Waals surface area contributed by atoms with E-state index >= 15 is 0 Å². The summed E-state index contributed by atoms with van der Waals surface area (Å²) >= 11 is 0. The quantitative estimate of drug-likeness (QED) is 0.867. The largest absolute Gasteiger partial charge is 0.494 e. The molecule has 1 aromatic rings. The van der Waals surface area contributed by atoms with Gasteiger partial charge in [-0.3, -0.25) is 4.90 Å². The van der Waals surface area contributed by atoms with Crippen molar-refractivity contribution in [2.45, 2.75) is 58.2 Å². The summed E-state index contributed by atoms with van der Waals surface area (Å²) in [5.74, 6) is 0.970. The fraction of sp³-hybridized carbons (Fsp3) is 0.647. The topological polar surface area (TPSA) is 38.5 Å². The van der Waals surface area contributed by atoms with Crippen molar-refractivity contribution >= 4 is 0 Å². The first-order valence-corrected chi connectivity index (χ1v) is 7.92. The maximum Gasteiger partial charge on any atom is 0.119 e. The van der Waals surface area contributed by atoms with Gasteiger partial charge in [-0.15, -0.1) is 0 Å². The Labute approximate surface area is 123 Å². The van der Waals surface area contributed by atoms with E-state index in [1.807, 2.05) is 0 Å². The predicted octanol–water partition coefficient (Wildman–Crippen LogP) is 3.18. The van der Waals surface area contributed by atoms with Crippen molar-refractivity contribution in [3.63, 3.8) is 0 Å². The maximum absolute atomic E-state index is 5.93. The lowest BCUT2D eigenvalue weighted by molar-refractivity contribution is 0.0892. The van der Waals surface area contributed by atoms with E-state index < -0.39 is 0 Å². The monoisotopic (exact) mass is 276 g/mol. The van der Waals surface area contributed by atoms with Crippen LogP contribution in [0, 0.1) is 0 Å². The van der Waals surface area contributed by atoms with Crippen LogP contribution in [0.2, 0.25) is 0 Å². The molecule has 3 nitrogen and oxygen atoms in total. The smallest absolute Gasteiger partial charge is 0.119 e. The lowest BCUT2D eigenvalue weighted by Crippen LogP contribution is -2.48. The van der Waals surface area contributed by atoms with Crippen molar-refractivity contribution in [1.82, 2.24) is 4.90 Å². The Hall–Kier alpha value is -1.06. The first-order chi connectivity index (χ1) is 9.74. The Bertz CT molecular complexity index is 390. The van der Waals surface area contributed by atoms with Gasteiger partial charge in [-0.25, -0.2) is 0 Å². The van der Waals surface area contributed by atoms with E-state index in [4.69, 9.17) is 10.5 Å². The lowest BCUT2D eigenvalue weighted by atomic mass is 9.95. The van der Waals surface area contributed by atoms with Gasteiger partial charge in [0.1, 0.15) is 5.75 Å². The van der Waals surface area contributed by atoms with Crippen LogP contribution in [0.4, 0.5) is 0 Å². The summed E-state index contributed by atoms with van der Waals surface area (Å²) in [4.78, 5) is 2.56. The second kappa shape index (κ2) is 7.65. The number of nitrogens with zero attached hydrogens (tertiary/aromatic N) is 1. The van der Waals surface area contributed by atoms with Crippen molar-refractivity contribution in [3.05, 3.63) is 29.8 Å². The maximum atomic E-state index is 5.93. The Balaban J connectivity index is 1.97. The number of hydrogen-bond acceptors (Lipinski definition) is 3. The molecule has 1 heterocycles.